The van der Waals surface area contributed by atoms with Gasteiger partial charge in [-0.2, -0.15) is 5.26 Å². The van der Waals surface area contributed by atoms with Gasteiger partial charge in [0.25, 0.3) is 0 Å². The molecule has 10 rings (SSSR count). The summed E-state index contributed by atoms with van der Waals surface area (Å²) in [5, 5.41) is 9.65. The first-order valence-corrected chi connectivity index (χ1v) is 19.7. The predicted octanol–water partition coefficient (Wildman–Crippen LogP) is 13.6. The lowest BCUT2D eigenvalue weighted by Gasteiger charge is -2.36. The lowest BCUT2D eigenvalue weighted by molar-refractivity contribution is 0.353. The van der Waals surface area contributed by atoms with Crippen LogP contribution in [-0.4, -0.2) is 9.97 Å². The highest BCUT2D eigenvalue weighted by atomic mass is 14.9. The zero-order chi connectivity index (χ0) is 37.5. The summed E-state index contributed by atoms with van der Waals surface area (Å²) in [7, 11) is 0. The molecule has 3 heteroatoms. The molecule has 266 valence electrons. The Labute approximate surface area is 328 Å². The van der Waals surface area contributed by atoms with Crippen molar-refractivity contribution in [1.29, 1.82) is 5.26 Å². The number of nitriles is 1. The maximum Gasteiger partial charge on any atom is 0.160 e. The van der Waals surface area contributed by atoms with Crippen molar-refractivity contribution in [3.63, 3.8) is 0 Å². The van der Waals surface area contributed by atoms with Crippen LogP contribution in [0.4, 0.5) is 0 Å². The molecule has 1 aromatic heterocycles. The Morgan fingerprint density at radius 1 is 0.393 bits per heavy atom. The van der Waals surface area contributed by atoms with Crippen molar-refractivity contribution in [2.75, 3.05) is 0 Å². The van der Waals surface area contributed by atoms with Gasteiger partial charge in [-0.15, -0.1) is 0 Å². The van der Waals surface area contributed by atoms with Gasteiger partial charge in [0.1, 0.15) is 0 Å². The van der Waals surface area contributed by atoms with Gasteiger partial charge >= 0.3 is 0 Å². The first-order chi connectivity index (χ1) is 27.6. The maximum atomic E-state index is 9.65. The summed E-state index contributed by atoms with van der Waals surface area (Å²) in [5.74, 6) is 0.715. The van der Waals surface area contributed by atoms with Crippen LogP contribution in [0.25, 0.3) is 78.4 Å². The van der Waals surface area contributed by atoms with E-state index < -0.39 is 0 Å². The normalized spacial score (nSPS) is 13.8. The lowest BCUT2D eigenvalue weighted by Crippen LogP contribution is -2.28. The van der Waals surface area contributed by atoms with E-state index in [4.69, 9.17) is 9.97 Å². The number of nitrogens with zero attached hydrogens (tertiary/aromatic N) is 3. The Balaban J connectivity index is 0.924. The first kappa shape index (κ1) is 33.7. The maximum absolute atomic E-state index is 9.65. The van der Waals surface area contributed by atoms with Crippen molar-refractivity contribution >= 4 is 0 Å². The van der Waals surface area contributed by atoms with Crippen LogP contribution in [0.3, 0.4) is 0 Å². The van der Waals surface area contributed by atoms with Gasteiger partial charge in [-0.25, -0.2) is 9.97 Å². The zero-order valence-electron chi connectivity index (χ0n) is 31.1. The predicted molar refractivity (Wildman–Crippen MR) is 229 cm³/mol. The fraction of sp³-hybridized carbons (Fsp3) is 0.113. The second-order valence-corrected chi connectivity index (χ2v) is 15.2. The molecule has 56 heavy (non-hydrogen) atoms. The summed E-state index contributed by atoms with van der Waals surface area (Å²) >= 11 is 0. The third kappa shape index (κ3) is 6.01. The standard InChI is InChI=1S/C53H39N3/c54-35-36-17-28-48-47(31-36)46-27-26-44(33-49(46)53(48)29-8-3-9-30-53)40-24-20-38(21-25-40)37-18-22-39(23-19-37)43-15-10-16-45(32-43)51-34-50(41-11-4-1-5-12-41)55-52(56-51)42-13-6-2-7-14-42/h1-2,4-7,10-28,31-34H,3,8-9,29-30H2. The second kappa shape index (κ2) is 14.1. The van der Waals surface area contributed by atoms with Crippen molar-refractivity contribution in [3.05, 3.63) is 193 Å². The van der Waals surface area contributed by atoms with Crippen LogP contribution in [0.15, 0.2) is 176 Å². The van der Waals surface area contributed by atoms with Gasteiger partial charge in [-0.1, -0.05) is 165 Å². The Kier molecular flexibility index (Phi) is 8.46. The highest BCUT2D eigenvalue weighted by Gasteiger charge is 2.43. The third-order valence-electron chi connectivity index (χ3n) is 12.0. The summed E-state index contributed by atoms with van der Waals surface area (Å²) in [6.45, 7) is 0. The van der Waals surface area contributed by atoms with Crippen molar-refractivity contribution in [2.24, 2.45) is 0 Å². The molecular formula is C53H39N3. The van der Waals surface area contributed by atoms with Crippen molar-refractivity contribution in [2.45, 2.75) is 37.5 Å². The fourth-order valence-corrected chi connectivity index (χ4v) is 9.08. The van der Waals surface area contributed by atoms with Gasteiger partial charge in [0.15, 0.2) is 5.82 Å². The molecule has 7 aromatic carbocycles. The van der Waals surface area contributed by atoms with E-state index in [1.165, 1.54) is 76.6 Å². The third-order valence-corrected chi connectivity index (χ3v) is 12.0. The van der Waals surface area contributed by atoms with Crippen LogP contribution in [0.1, 0.15) is 48.8 Å². The minimum Gasteiger partial charge on any atom is -0.228 e. The molecule has 0 bridgehead atoms. The number of fused-ring (bicyclic) bond motifs is 5. The second-order valence-electron chi connectivity index (χ2n) is 15.2. The summed E-state index contributed by atoms with van der Waals surface area (Å²) in [6, 6.07) is 64.8. The van der Waals surface area contributed by atoms with E-state index in [0.29, 0.717) is 5.82 Å². The highest BCUT2D eigenvalue weighted by molar-refractivity contribution is 5.85. The molecule has 0 radical (unpaired) electrons. The van der Waals surface area contributed by atoms with Crippen molar-refractivity contribution < 1.29 is 0 Å². The molecule has 2 aliphatic carbocycles. The zero-order valence-corrected chi connectivity index (χ0v) is 31.1. The van der Waals surface area contributed by atoms with E-state index >= 15 is 0 Å². The van der Waals surface area contributed by atoms with Crippen LogP contribution in [0.2, 0.25) is 0 Å². The molecule has 3 nitrogen and oxygen atoms in total. The van der Waals surface area contributed by atoms with Crippen LogP contribution in [-0.2, 0) is 5.41 Å². The summed E-state index contributed by atoms with van der Waals surface area (Å²) in [6.07, 6.45) is 6.13. The van der Waals surface area contributed by atoms with Gasteiger partial charge in [-0.3, -0.25) is 0 Å². The first-order valence-electron chi connectivity index (χ1n) is 19.7. The van der Waals surface area contributed by atoms with Gasteiger partial charge in [0.2, 0.25) is 0 Å². The smallest absolute Gasteiger partial charge is 0.160 e. The Morgan fingerprint density at radius 2 is 0.929 bits per heavy atom. The van der Waals surface area contributed by atoms with Crippen LogP contribution >= 0.6 is 0 Å². The fourth-order valence-electron chi connectivity index (χ4n) is 9.08. The van der Waals surface area contributed by atoms with Crippen molar-refractivity contribution in [3.8, 4) is 84.5 Å². The Hall–Kier alpha value is -6.89. The molecule has 0 amide bonds. The number of hydrogen-bond donors (Lipinski definition) is 0. The number of rotatable bonds is 6. The molecule has 1 saturated carbocycles. The molecule has 1 spiro atoms. The van der Waals surface area contributed by atoms with Crippen molar-refractivity contribution in [1.82, 2.24) is 9.97 Å². The van der Waals surface area contributed by atoms with Crippen LogP contribution in [0, 0.1) is 11.3 Å². The number of benzene rings is 7. The summed E-state index contributed by atoms with van der Waals surface area (Å²) in [4.78, 5) is 10.0. The van der Waals surface area contributed by atoms with Gasteiger partial charge in [-0.05, 0) is 98.8 Å². The molecule has 1 heterocycles. The molecular weight excluding hydrogens is 679 g/mol. The minimum absolute atomic E-state index is 0.0547. The largest absolute Gasteiger partial charge is 0.228 e. The molecule has 0 unspecified atom stereocenters. The molecule has 8 aromatic rings. The van der Waals surface area contributed by atoms with Crippen LogP contribution in [0.5, 0.6) is 0 Å². The SMILES string of the molecule is N#Cc1ccc2c(c1)-c1ccc(-c3ccc(-c4ccc(-c5cccc(-c6cc(-c7ccccc7)nc(-c7ccccc7)n6)c5)cc4)cc3)cc1C21CCCCC1. The van der Waals surface area contributed by atoms with E-state index in [0.717, 1.165) is 44.8 Å². The van der Waals surface area contributed by atoms with E-state index in [-0.39, 0.29) is 5.41 Å². The van der Waals surface area contributed by atoms with Gasteiger partial charge in [0.05, 0.1) is 23.0 Å². The quantitative estimate of drug-likeness (QED) is 0.172. The lowest BCUT2D eigenvalue weighted by atomic mass is 9.67. The number of aromatic nitrogens is 2. The monoisotopic (exact) mass is 717 g/mol. The highest BCUT2D eigenvalue weighted by Crippen LogP contribution is 2.56. The van der Waals surface area contributed by atoms with E-state index in [1.54, 1.807) is 0 Å². The number of hydrogen-bond acceptors (Lipinski definition) is 3. The minimum atomic E-state index is 0.0547. The van der Waals surface area contributed by atoms with E-state index in [2.05, 4.69) is 140 Å². The average Bonchev–Trinajstić information content (AvgIpc) is 3.54. The van der Waals surface area contributed by atoms with E-state index in [1.807, 2.05) is 42.5 Å². The molecule has 1 fully saturated rings. The molecule has 0 N–H and O–H groups in total. The van der Waals surface area contributed by atoms with E-state index in [9.17, 15) is 5.26 Å². The average molecular weight is 718 g/mol. The Morgan fingerprint density at radius 3 is 1.57 bits per heavy atom. The Bertz CT molecular complexity index is 2700. The summed E-state index contributed by atoms with van der Waals surface area (Å²) in [5.41, 5.74) is 18.3. The molecule has 2 aliphatic rings. The summed E-state index contributed by atoms with van der Waals surface area (Å²) < 4.78 is 0. The van der Waals surface area contributed by atoms with Crippen LogP contribution < -0.4 is 0 Å². The topological polar surface area (TPSA) is 49.6 Å². The molecule has 0 aliphatic heterocycles. The van der Waals surface area contributed by atoms with Gasteiger partial charge < -0.3 is 0 Å². The molecule has 0 saturated heterocycles. The molecule has 0 atom stereocenters. The van der Waals surface area contributed by atoms with Gasteiger partial charge in [0, 0.05) is 22.1 Å².